The molecule has 0 unspecified atom stereocenters. The van der Waals surface area contributed by atoms with Gasteiger partial charge in [0.2, 0.25) is 0 Å². The van der Waals surface area contributed by atoms with Gasteiger partial charge < -0.3 is 4.42 Å². The smallest absolute Gasteiger partial charge is 0.169 e. The summed E-state index contributed by atoms with van der Waals surface area (Å²) >= 11 is 0. The number of hydrogen-bond acceptors (Lipinski definition) is 1. The van der Waals surface area contributed by atoms with Crippen LogP contribution in [0.2, 0.25) is 0 Å². The molecule has 0 amide bonds. The standard InChI is InChI=1S/C15H14NO/c1-11-3-4-14-13(9-11)10-17-15(14)12-5-7-16(2)8-6-12/h3-10H,1-2H3/q+1. The topological polar surface area (TPSA) is 17.0 Å². The van der Waals surface area contributed by atoms with Gasteiger partial charge in [0.15, 0.2) is 12.4 Å². The van der Waals surface area contributed by atoms with Crippen LogP contribution in [0.25, 0.3) is 22.1 Å². The molecule has 0 aliphatic carbocycles. The second kappa shape index (κ2) is 3.74. The van der Waals surface area contributed by atoms with Crippen molar-refractivity contribution in [2.24, 2.45) is 7.05 Å². The lowest BCUT2D eigenvalue weighted by molar-refractivity contribution is -0.671. The highest BCUT2D eigenvalue weighted by atomic mass is 16.3. The summed E-state index contributed by atoms with van der Waals surface area (Å²) in [6, 6.07) is 10.5. The van der Waals surface area contributed by atoms with Gasteiger partial charge in [0.1, 0.15) is 12.8 Å². The Morgan fingerprint density at radius 2 is 1.82 bits per heavy atom. The van der Waals surface area contributed by atoms with Crippen LogP contribution in [0, 0.1) is 6.92 Å². The molecule has 2 nitrogen and oxygen atoms in total. The van der Waals surface area contributed by atoms with E-state index in [1.165, 1.54) is 10.9 Å². The largest absolute Gasteiger partial charge is 0.463 e. The molecule has 0 spiro atoms. The Labute approximate surface area is 100 Å². The van der Waals surface area contributed by atoms with E-state index >= 15 is 0 Å². The van der Waals surface area contributed by atoms with Gasteiger partial charge >= 0.3 is 0 Å². The minimum atomic E-state index is 0.945. The zero-order valence-corrected chi connectivity index (χ0v) is 9.97. The maximum atomic E-state index is 5.69. The number of furan rings is 1. The van der Waals surface area contributed by atoms with Crippen molar-refractivity contribution >= 4 is 10.8 Å². The van der Waals surface area contributed by atoms with Crippen molar-refractivity contribution in [2.75, 3.05) is 0 Å². The first-order valence-electron chi connectivity index (χ1n) is 5.67. The number of aromatic nitrogens is 1. The maximum Gasteiger partial charge on any atom is 0.169 e. The van der Waals surface area contributed by atoms with E-state index < -0.39 is 0 Å². The van der Waals surface area contributed by atoms with Crippen molar-refractivity contribution in [2.45, 2.75) is 6.92 Å². The highest BCUT2D eigenvalue weighted by Gasteiger charge is 2.09. The third-order valence-electron chi connectivity index (χ3n) is 3.00. The van der Waals surface area contributed by atoms with E-state index in [-0.39, 0.29) is 0 Å². The molecule has 0 N–H and O–H groups in total. The lowest BCUT2D eigenvalue weighted by atomic mass is 10.1. The van der Waals surface area contributed by atoms with E-state index in [0.717, 1.165) is 16.7 Å². The summed E-state index contributed by atoms with van der Waals surface area (Å²) in [5.74, 6) is 0.945. The molecule has 2 heterocycles. The van der Waals surface area contributed by atoms with E-state index in [4.69, 9.17) is 4.42 Å². The number of hydrogen-bond donors (Lipinski definition) is 0. The summed E-state index contributed by atoms with van der Waals surface area (Å²) in [4.78, 5) is 0. The van der Waals surface area contributed by atoms with Gasteiger partial charge in [-0.05, 0) is 13.0 Å². The summed E-state index contributed by atoms with van der Waals surface area (Å²) in [5, 5.41) is 2.33. The van der Waals surface area contributed by atoms with Crippen molar-refractivity contribution in [1.29, 1.82) is 0 Å². The summed E-state index contributed by atoms with van der Waals surface area (Å²) in [6.45, 7) is 2.09. The molecule has 0 aliphatic rings. The van der Waals surface area contributed by atoms with Crippen molar-refractivity contribution in [3.05, 3.63) is 54.6 Å². The zero-order chi connectivity index (χ0) is 11.8. The van der Waals surface area contributed by atoms with Gasteiger partial charge in [-0.3, -0.25) is 0 Å². The molecule has 2 aromatic heterocycles. The van der Waals surface area contributed by atoms with Gasteiger partial charge in [0, 0.05) is 28.5 Å². The van der Waals surface area contributed by atoms with Crippen molar-refractivity contribution in [3.8, 4) is 11.3 Å². The highest BCUT2D eigenvalue weighted by Crippen LogP contribution is 2.30. The quantitative estimate of drug-likeness (QED) is 0.580. The van der Waals surface area contributed by atoms with Gasteiger partial charge in [-0.2, -0.15) is 0 Å². The molecular weight excluding hydrogens is 210 g/mol. The molecule has 17 heavy (non-hydrogen) atoms. The van der Waals surface area contributed by atoms with Crippen LogP contribution in [0.15, 0.2) is 53.4 Å². The fraction of sp³-hybridized carbons (Fsp3) is 0.133. The Morgan fingerprint density at radius 3 is 2.59 bits per heavy atom. The Hall–Kier alpha value is -2.09. The fourth-order valence-corrected chi connectivity index (χ4v) is 2.05. The molecule has 3 aromatic rings. The number of aryl methyl sites for hydroxylation is 2. The Morgan fingerprint density at radius 1 is 1.06 bits per heavy atom. The van der Waals surface area contributed by atoms with Gasteiger partial charge in [-0.25, -0.2) is 4.57 Å². The number of nitrogens with zero attached hydrogens (tertiary/aromatic N) is 1. The average molecular weight is 224 g/mol. The van der Waals surface area contributed by atoms with Crippen LogP contribution < -0.4 is 4.57 Å². The average Bonchev–Trinajstić information content (AvgIpc) is 2.73. The summed E-state index contributed by atoms with van der Waals surface area (Å²) in [7, 11) is 2.01. The molecule has 1 aromatic carbocycles. The molecule has 0 radical (unpaired) electrons. The number of rotatable bonds is 1. The third kappa shape index (κ3) is 1.72. The van der Waals surface area contributed by atoms with Crippen LogP contribution in [0.3, 0.4) is 0 Å². The van der Waals surface area contributed by atoms with Crippen LogP contribution in [-0.2, 0) is 7.05 Å². The Balaban J connectivity index is 2.21. The van der Waals surface area contributed by atoms with Crippen molar-refractivity contribution < 1.29 is 8.98 Å². The summed E-state index contributed by atoms with van der Waals surface area (Å²) in [5.41, 5.74) is 2.37. The first-order chi connectivity index (χ1) is 8.24. The van der Waals surface area contributed by atoms with Crippen LogP contribution in [0.1, 0.15) is 5.56 Å². The van der Waals surface area contributed by atoms with E-state index in [2.05, 4.69) is 37.3 Å². The number of pyridine rings is 1. The van der Waals surface area contributed by atoms with Gasteiger partial charge in [-0.15, -0.1) is 0 Å². The molecule has 0 aliphatic heterocycles. The summed E-state index contributed by atoms with van der Waals surface area (Å²) in [6.07, 6.45) is 5.88. The Bertz CT molecular complexity index is 665. The predicted molar refractivity (Wildman–Crippen MR) is 67.6 cm³/mol. The maximum absolute atomic E-state index is 5.69. The zero-order valence-electron chi connectivity index (χ0n) is 9.97. The van der Waals surface area contributed by atoms with Crippen LogP contribution >= 0.6 is 0 Å². The molecule has 3 rings (SSSR count). The minimum absolute atomic E-state index is 0.945. The number of benzene rings is 1. The van der Waals surface area contributed by atoms with E-state index in [9.17, 15) is 0 Å². The molecule has 0 saturated heterocycles. The molecular formula is C15H14NO+. The van der Waals surface area contributed by atoms with Gasteiger partial charge in [-0.1, -0.05) is 17.7 Å². The monoisotopic (exact) mass is 224 g/mol. The van der Waals surface area contributed by atoms with Gasteiger partial charge in [0.25, 0.3) is 0 Å². The molecule has 0 atom stereocenters. The number of fused-ring (bicyclic) bond motifs is 1. The normalized spacial score (nSPS) is 10.9. The lowest BCUT2D eigenvalue weighted by Crippen LogP contribution is -2.25. The second-order valence-electron chi connectivity index (χ2n) is 4.41. The Kier molecular flexibility index (Phi) is 2.22. The van der Waals surface area contributed by atoms with E-state index in [1.807, 2.05) is 30.3 Å². The SMILES string of the molecule is Cc1ccc2c(-c3cc[n+](C)cc3)occ2c1. The van der Waals surface area contributed by atoms with Crippen LogP contribution in [0.4, 0.5) is 0 Å². The molecule has 0 fully saturated rings. The third-order valence-corrected chi connectivity index (χ3v) is 3.00. The van der Waals surface area contributed by atoms with Crippen LogP contribution in [0.5, 0.6) is 0 Å². The second-order valence-corrected chi connectivity index (χ2v) is 4.41. The molecule has 84 valence electrons. The molecule has 0 saturated carbocycles. The minimum Gasteiger partial charge on any atom is -0.463 e. The first-order valence-corrected chi connectivity index (χ1v) is 5.67. The first kappa shape index (κ1) is 10.1. The van der Waals surface area contributed by atoms with E-state index in [1.54, 1.807) is 0 Å². The van der Waals surface area contributed by atoms with Crippen molar-refractivity contribution in [3.63, 3.8) is 0 Å². The molecule has 2 heteroatoms. The highest BCUT2D eigenvalue weighted by molar-refractivity contribution is 5.94. The fourth-order valence-electron chi connectivity index (χ4n) is 2.05. The predicted octanol–water partition coefficient (Wildman–Crippen LogP) is 3.23. The van der Waals surface area contributed by atoms with Crippen LogP contribution in [-0.4, -0.2) is 0 Å². The van der Waals surface area contributed by atoms with Gasteiger partial charge in [0.05, 0.1) is 6.26 Å². The van der Waals surface area contributed by atoms with E-state index in [0.29, 0.717) is 0 Å². The summed E-state index contributed by atoms with van der Waals surface area (Å²) < 4.78 is 7.70. The molecule has 0 bridgehead atoms. The lowest BCUT2D eigenvalue weighted by Gasteiger charge is -1.97. The van der Waals surface area contributed by atoms with Crippen molar-refractivity contribution in [1.82, 2.24) is 0 Å².